The molecule has 2 heterocycles. The number of halogens is 2. The van der Waals surface area contributed by atoms with Crippen molar-refractivity contribution in [3.63, 3.8) is 0 Å². The molecule has 1 aliphatic heterocycles. The van der Waals surface area contributed by atoms with E-state index in [1.165, 1.54) is 10.5 Å². The average molecular weight is 326 g/mol. The molecule has 0 spiro atoms. The molecular weight excluding hydrogens is 313 g/mol. The summed E-state index contributed by atoms with van der Waals surface area (Å²) in [6.07, 6.45) is 5.77. The van der Waals surface area contributed by atoms with Crippen LogP contribution in [-0.2, 0) is 6.42 Å². The smallest absolute Gasteiger partial charge is 0.217 e. The number of aromatic nitrogens is 1. The van der Waals surface area contributed by atoms with E-state index in [4.69, 9.17) is 27.9 Å². The van der Waals surface area contributed by atoms with Crippen LogP contribution < -0.4 is 4.74 Å². The number of rotatable bonds is 2. The largest absolute Gasteiger partial charge is 0.469 e. The number of pyridine rings is 1. The van der Waals surface area contributed by atoms with Crippen LogP contribution in [0.3, 0.4) is 0 Å². The Morgan fingerprint density at radius 2 is 2.10 bits per heavy atom. The van der Waals surface area contributed by atoms with E-state index in [2.05, 4.69) is 11.1 Å². The lowest BCUT2D eigenvalue weighted by Crippen LogP contribution is -2.16. The number of hydrogen-bond acceptors (Lipinski definition) is 3. The zero-order chi connectivity index (χ0) is 14.1. The highest BCUT2D eigenvalue weighted by molar-refractivity contribution is 7.98. The molecule has 0 unspecified atom stereocenters. The van der Waals surface area contributed by atoms with E-state index in [9.17, 15) is 0 Å². The molecule has 0 amide bonds. The highest BCUT2D eigenvalue weighted by Gasteiger charge is 2.23. The van der Waals surface area contributed by atoms with Crippen LogP contribution in [0.25, 0.3) is 0 Å². The molecule has 1 aliphatic rings. The maximum absolute atomic E-state index is 6.07. The summed E-state index contributed by atoms with van der Waals surface area (Å²) in [5, 5.41) is 1.12. The van der Waals surface area contributed by atoms with Crippen LogP contribution in [0.4, 0.5) is 0 Å². The fraction of sp³-hybridized carbons (Fsp3) is 0.267. The number of benzene rings is 1. The Kier molecular flexibility index (Phi) is 4.11. The fourth-order valence-electron chi connectivity index (χ4n) is 2.30. The van der Waals surface area contributed by atoms with Gasteiger partial charge in [0.1, 0.15) is 6.10 Å². The van der Waals surface area contributed by atoms with Crippen molar-refractivity contribution in [1.82, 2.24) is 4.98 Å². The summed E-state index contributed by atoms with van der Waals surface area (Å²) in [6, 6.07) is 7.79. The van der Waals surface area contributed by atoms with Crippen molar-refractivity contribution in [3.8, 4) is 5.88 Å². The molecule has 5 heteroatoms. The highest BCUT2D eigenvalue weighted by atomic mass is 35.5. The molecule has 2 nitrogen and oxygen atoms in total. The number of fused-ring (bicyclic) bond motifs is 1. The Hall–Kier alpha value is -0.900. The van der Waals surface area contributed by atoms with Gasteiger partial charge in [-0.2, -0.15) is 0 Å². The lowest BCUT2D eigenvalue weighted by molar-refractivity contribution is 0.167. The van der Waals surface area contributed by atoms with Crippen molar-refractivity contribution >= 4 is 35.0 Å². The summed E-state index contributed by atoms with van der Waals surface area (Å²) in [7, 11) is 0. The normalized spacial score (nSPS) is 17.4. The first-order chi connectivity index (χ1) is 9.67. The fourth-order valence-corrected chi connectivity index (χ4v) is 3.03. The number of nitrogens with zero attached hydrogens (tertiary/aromatic N) is 1. The second-order valence-electron chi connectivity index (χ2n) is 4.66. The molecule has 0 saturated heterocycles. The third kappa shape index (κ3) is 2.76. The molecule has 104 valence electrons. The molecule has 0 N–H and O–H groups in total. The molecule has 3 rings (SSSR count). The van der Waals surface area contributed by atoms with Crippen LogP contribution in [-0.4, -0.2) is 11.2 Å². The van der Waals surface area contributed by atoms with E-state index in [1.807, 2.05) is 30.7 Å². The van der Waals surface area contributed by atoms with Gasteiger partial charge in [0.05, 0.1) is 10.0 Å². The zero-order valence-corrected chi connectivity index (χ0v) is 13.2. The first-order valence-electron chi connectivity index (χ1n) is 6.32. The Morgan fingerprint density at radius 3 is 2.85 bits per heavy atom. The summed E-state index contributed by atoms with van der Waals surface area (Å²) in [4.78, 5) is 5.57. The second-order valence-corrected chi connectivity index (χ2v) is 6.35. The van der Waals surface area contributed by atoms with Gasteiger partial charge >= 0.3 is 0 Å². The van der Waals surface area contributed by atoms with Gasteiger partial charge in [0.15, 0.2) is 0 Å². The lowest BCUT2D eigenvalue weighted by Gasteiger charge is -2.25. The molecule has 0 saturated carbocycles. The molecule has 1 atom stereocenters. The SMILES string of the molecule is CSc1cnc2c(c1)CC[C@@H](c1ccc(Cl)c(Cl)c1)O2. The van der Waals surface area contributed by atoms with Gasteiger partial charge in [0.25, 0.3) is 0 Å². The van der Waals surface area contributed by atoms with E-state index >= 15 is 0 Å². The van der Waals surface area contributed by atoms with Crippen molar-refractivity contribution in [3.05, 3.63) is 51.6 Å². The first kappa shape index (κ1) is 14.1. The van der Waals surface area contributed by atoms with E-state index < -0.39 is 0 Å². The molecule has 1 aromatic carbocycles. The topological polar surface area (TPSA) is 22.1 Å². The molecule has 2 aromatic rings. The minimum absolute atomic E-state index is 0.00936. The maximum Gasteiger partial charge on any atom is 0.217 e. The Bertz CT molecular complexity index is 648. The monoisotopic (exact) mass is 325 g/mol. The molecule has 0 bridgehead atoms. The number of thioether (sulfide) groups is 1. The maximum atomic E-state index is 6.07. The second kappa shape index (κ2) is 5.84. The number of aryl methyl sites for hydroxylation is 1. The zero-order valence-electron chi connectivity index (χ0n) is 10.9. The van der Waals surface area contributed by atoms with E-state index in [-0.39, 0.29) is 6.10 Å². The van der Waals surface area contributed by atoms with Gasteiger partial charge in [-0.3, -0.25) is 0 Å². The molecule has 1 aromatic heterocycles. The van der Waals surface area contributed by atoms with Crippen LogP contribution in [0.1, 0.15) is 23.7 Å². The van der Waals surface area contributed by atoms with Crippen molar-refractivity contribution < 1.29 is 4.74 Å². The predicted octanol–water partition coefficient (Wildman–Crippen LogP) is 5.18. The quantitative estimate of drug-likeness (QED) is 0.710. The van der Waals surface area contributed by atoms with Gasteiger partial charge in [-0.25, -0.2) is 4.98 Å². The van der Waals surface area contributed by atoms with Crippen LogP contribution in [0, 0.1) is 0 Å². The molecule has 0 aliphatic carbocycles. The van der Waals surface area contributed by atoms with Gasteiger partial charge in [-0.15, -0.1) is 11.8 Å². The Morgan fingerprint density at radius 1 is 1.25 bits per heavy atom. The average Bonchev–Trinajstić information content (AvgIpc) is 2.49. The molecule has 20 heavy (non-hydrogen) atoms. The third-order valence-electron chi connectivity index (χ3n) is 3.38. The molecule has 0 radical (unpaired) electrons. The van der Waals surface area contributed by atoms with Crippen LogP contribution in [0.2, 0.25) is 10.0 Å². The predicted molar refractivity (Wildman–Crippen MR) is 84.2 cm³/mol. The van der Waals surface area contributed by atoms with Crippen LogP contribution >= 0.6 is 35.0 Å². The van der Waals surface area contributed by atoms with Crippen molar-refractivity contribution in [2.45, 2.75) is 23.8 Å². The van der Waals surface area contributed by atoms with Crippen molar-refractivity contribution in [2.24, 2.45) is 0 Å². The summed E-state index contributed by atoms with van der Waals surface area (Å²) < 4.78 is 5.99. The van der Waals surface area contributed by atoms with E-state index in [0.717, 1.165) is 24.3 Å². The van der Waals surface area contributed by atoms with Gasteiger partial charge in [-0.05, 0) is 42.9 Å². The molecular formula is C15H13Cl2NOS. The van der Waals surface area contributed by atoms with E-state index in [0.29, 0.717) is 10.0 Å². The van der Waals surface area contributed by atoms with Gasteiger partial charge in [0, 0.05) is 16.7 Å². The molecule has 0 fully saturated rings. The number of hydrogen-bond donors (Lipinski definition) is 0. The summed E-state index contributed by atoms with van der Waals surface area (Å²) >= 11 is 13.7. The van der Waals surface area contributed by atoms with Gasteiger partial charge < -0.3 is 4.74 Å². The third-order valence-corrected chi connectivity index (χ3v) is 4.81. The first-order valence-corrected chi connectivity index (χ1v) is 8.30. The Labute approximate surface area is 132 Å². The van der Waals surface area contributed by atoms with Crippen molar-refractivity contribution in [2.75, 3.05) is 6.26 Å². The van der Waals surface area contributed by atoms with Crippen LogP contribution in [0.5, 0.6) is 5.88 Å². The van der Waals surface area contributed by atoms with E-state index in [1.54, 1.807) is 11.8 Å². The van der Waals surface area contributed by atoms with Crippen LogP contribution in [0.15, 0.2) is 35.4 Å². The summed E-state index contributed by atoms with van der Waals surface area (Å²) in [6.45, 7) is 0. The minimum atomic E-state index is -0.00936. The van der Waals surface area contributed by atoms with Gasteiger partial charge in [0.2, 0.25) is 5.88 Å². The summed E-state index contributed by atoms with van der Waals surface area (Å²) in [5.74, 6) is 0.727. The lowest BCUT2D eigenvalue weighted by atomic mass is 9.99. The van der Waals surface area contributed by atoms with Crippen molar-refractivity contribution in [1.29, 1.82) is 0 Å². The highest BCUT2D eigenvalue weighted by Crippen LogP contribution is 2.36. The minimum Gasteiger partial charge on any atom is -0.469 e. The summed E-state index contributed by atoms with van der Waals surface area (Å²) in [5.41, 5.74) is 2.22. The Balaban J connectivity index is 1.86. The number of ether oxygens (including phenoxy) is 1. The standard InChI is InChI=1S/C15H13Cl2NOS/c1-20-11-6-10-3-5-14(19-15(10)18-8-11)9-2-4-12(16)13(17)7-9/h2,4,6-8,14H,3,5H2,1H3/t14-/m0/s1. The van der Waals surface area contributed by atoms with Gasteiger partial charge in [-0.1, -0.05) is 29.3 Å².